The lowest BCUT2D eigenvalue weighted by Crippen LogP contribution is -2.62. The fourth-order valence-corrected chi connectivity index (χ4v) is 3.77. The first-order valence-electron chi connectivity index (χ1n) is 8.71. The second kappa shape index (κ2) is 12.8. The van der Waals surface area contributed by atoms with Gasteiger partial charge in [-0.3, -0.25) is 19.2 Å². The number of hydrogen-bond donors (Lipinski definition) is 5. The largest absolute Gasteiger partial charge is 0.374 e. The van der Waals surface area contributed by atoms with Crippen LogP contribution in [0.1, 0.15) is 20.8 Å². The van der Waals surface area contributed by atoms with E-state index in [0.29, 0.717) is 5.75 Å². The topological polar surface area (TPSA) is 180 Å². The van der Waals surface area contributed by atoms with Gasteiger partial charge in [0.2, 0.25) is 11.8 Å². The first kappa shape index (κ1) is 25.5. The van der Waals surface area contributed by atoms with Gasteiger partial charge in [0.1, 0.15) is 6.10 Å². The molecule has 0 bridgehead atoms. The maximum Gasteiger partial charge on any atom is 0.239 e. The van der Waals surface area contributed by atoms with Crippen molar-refractivity contribution < 1.29 is 23.9 Å². The third-order valence-electron chi connectivity index (χ3n) is 3.79. The van der Waals surface area contributed by atoms with E-state index < -0.39 is 40.3 Å². The molecule has 27 heavy (non-hydrogen) atoms. The van der Waals surface area contributed by atoms with E-state index in [1.807, 2.05) is 0 Å². The summed E-state index contributed by atoms with van der Waals surface area (Å²) in [6, 6.07) is -1.03. The fraction of sp³-hybridized carbons (Fsp3) is 0.750. The van der Waals surface area contributed by atoms with E-state index in [0.717, 1.165) is 11.8 Å². The molecule has 0 spiro atoms. The molecule has 0 aliphatic carbocycles. The molecule has 0 fully saturated rings. The van der Waals surface area contributed by atoms with Crippen LogP contribution in [0.25, 0.3) is 0 Å². The minimum Gasteiger partial charge on any atom is -0.374 e. The van der Waals surface area contributed by atoms with Crippen molar-refractivity contribution in [3.63, 3.8) is 0 Å². The highest BCUT2D eigenvalue weighted by atomic mass is 32.2. The van der Waals surface area contributed by atoms with Crippen molar-refractivity contribution >= 4 is 35.1 Å². The lowest BCUT2D eigenvalue weighted by atomic mass is 9.87. The molecule has 0 aromatic heterocycles. The molecule has 0 aromatic carbocycles. The number of rotatable bonds is 14. The SMILES string of the molecule is CCOC(CNC(=O)CNC(=O)CN)C(SCC)(C(C)=O)C(=O)C(N)CN. The molecule has 3 atom stereocenters. The summed E-state index contributed by atoms with van der Waals surface area (Å²) in [5.74, 6) is -1.49. The van der Waals surface area contributed by atoms with Crippen LogP contribution in [0.2, 0.25) is 0 Å². The number of Topliss-reactive ketones (excluding diaryl/α,β-unsaturated/α-hetero) is 2. The lowest BCUT2D eigenvalue weighted by Gasteiger charge is -2.38. The highest BCUT2D eigenvalue weighted by molar-refractivity contribution is 8.02. The van der Waals surface area contributed by atoms with Gasteiger partial charge in [0.05, 0.1) is 19.1 Å². The summed E-state index contributed by atoms with van der Waals surface area (Å²) in [5, 5.41) is 4.90. The smallest absolute Gasteiger partial charge is 0.239 e. The van der Waals surface area contributed by atoms with E-state index >= 15 is 0 Å². The molecular formula is C16H31N5O5S. The number of ether oxygens (including phenoxy) is 1. The molecule has 156 valence electrons. The van der Waals surface area contributed by atoms with Crippen LogP contribution in [0.15, 0.2) is 0 Å². The zero-order valence-corrected chi connectivity index (χ0v) is 16.9. The predicted octanol–water partition coefficient (Wildman–Crippen LogP) is -2.48. The Morgan fingerprint density at radius 2 is 1.74 bits per heavy atom. The number of nitrogens with one attached hydrogen (secondary N) is 2. The van der Waals surface area contributed by atoms with Crippen LogP contribution in [-0.4, -0.2) is 78.8 Å². The lowest BCUT2D eigenvalue weighted by molar-refractivity contribution is -0.136. The van der Waals surface area contributed by atoms with Gasteiger partial charge in [-0.05, 0) is 19.6 Å². The van der Waals surface area contributed by atoms with E-state index in [9.17, 15) is 19.2 Å². The van der Waals surface area contributed by atoms with Gasteiger partial charge in [-0.2, -0.15) is 0 Å². The molecule has 0 rings (SSSR count). The second-order valence-electron chi connectivity index (χ2n) is 5.66. The number of carbonyl (C=O) groups excluding carboxylic acids is 4. The molecule has 0 aliphatic heterocycles. The van der Waals surface area contributed by atoms with Crippen molar-refractivity contribution in [1.29, 1.82) is 0 Å². The summed E-state index contributed by atoms with van der Waals surface area (Å²) in [4.78, 5) is 48.5. The summed E-state index contributed by atoms with van der Waals surface area (Å²) in [6.45, 7) is 4.28. The average Bonchev–Trinajstić information content (AvgIpc) is 2.65. The normalized spacial score (nSPS) is 15.3. The van der Waals surface area contributed by atoms with E-state index in [1.54, 1.807) is 13.8 Å². The zero-order valence-electron chi connectivity index (χ0n) is 16.1. The number of nitrogens with two attached hydrogens (primary N) is 3. The first-order chi connectivity index (χ1) is 12.7. The Morgan fingerprint density at radius 3 is 2.19 bits per heavy atom. The van der Waals surface area contributed by atoms with Gasteiger partial charge in [0.15, 0.2) is 16.3 Å². The first-order valence-corrected chi connectivity index (χ1v) is 9.69. The number of thioether (sulfide) groups is 1. The van der Waals surface area contributed by atoms with Crippen molar-refractivity contribution in [3.8, 4) is 0 Å². The van der Waals surface area contributed by atoms with Crippen LogP contribution in [0.3, 0.4) is 0 Å². The number of carbonyl (C=O) groups is 4. The van der Waals surface area contributed by atoms with Crippen LogP contribution in [0, 0.1) is 0 Å². The molecule has 11 heteroatoms. The molecule has 0 aliphatic rings. The second-order valence-corrected chi connectivity index (χ2v) is 7.17. The van der Waals surface area contributed by atoms with Gasteiger partial charge in [-0.15, -0.1) is 11.8 Å². The van der Waals surface area contributed by atoms with Gasteiger partial charge >= 0.3 is 0 Å². The van der Waals surface area contributed by atoms with Crippen LogP contribution >= 0.6 is 11.8 Å². The Bertz CT molecular complexity index is 533. The molecule has 0 heterocycles. The number of hydrogen-bond acceptors (Lipinski definition) is 9. The van der Waals surface area contributed by atoms with Crippen molar-refractivity contribution in [2.24, 2.45) is 17.2 Å². The van der Waals surface area contributed by atoms with Gasteiger partial charge in [0.25, 0.3) is 0 Å². The third-order valence-corrected chi connectivity index (χ3v) is 5.28. The highest BCUT2D eigenvalue weighted by Gasteiger charge is 2.52. The maximum absolute atomic E-state index is 12.9. The van der Waals surface area contributed by atoms with Gasteiger partial charge < -0.3 is 32.6 Å². The van der Waals surface area contributed by atoms with Crippen molar-refractivity contribution in [1.82, 2.24) is 10.6 Å². The fourth-order valence-electron chi connectivity index (χ4n) is 2.48. The van der Waals surface area contributed by atoms with Crippen molar-refractivity contribution in [3.05, 3.63) is 0 Å². The molecule has 0 saturated heterocycles. The van der Waals surface area contributed by atoms with E-state index in [-0.39, 0.29) is 32.8 Å². The molecule has 10 nitrogen and oxygen atoms in total. The minimum absolute atomic E-state index is 0.110. The molecule has 2 amide bonds. The number of ketones is 2. The summed E-state index contributed by atoms with van der Waals surface area (Å²) in [6.07, 6.45) is -0.941. The zero-order chi connectivity index (χ0) is 21.0. The Kier molecular flexibility index (Phi) is 12.1. The van der Waals surface area contributed by atoms with Crippen LogP contribution in [0.5, 0.6) is 0 Å². The molecular weight excluding hydrogens is 374 g/mol. The molecule has 0 aromatic rings. The Balaban J connectivity index is 5.50. The van der Waals surface area contributed by atoms with Crippen LogP contribution in [0.4, 0.5) is 0 Å². The maximum atomic E-state index is 12.9. The average molecular weight is 406 g/mol. The Hall–Kier alpha value is -1.53. The van der Waals surface area contributed by atoms with Gasteiger partial charge in [-0.1, -0.05) is 6.92 Å². The Morgan fingerprint density at radius 1 is 1.11 bits per heavy atom. The predicted molar refractivity (Wildman–Crippen MR) is 104 cm³/mol. The highest BCUT2D eigenvalue weighted by Crippen LogP contribution is 2.34. The monoisotopic (exact) mass is 405 g/mol. The molecule has 0 saturated carbocycles. The standard InChI is InChI=1S/C16H31N5O5S/c1-4-26-12(8-20-14(24)9-21-13(23)7-18)16(10(3)22,27-5-2)15(25)11(19)6-17/h11-12H,4-9,17-19H2,1-3H3,(H,20,24)(H,21,23). The van der Waals surface area contributed by atoms with E-state index in [2.05, 4.69) is 10.6 Å². The quantitative estimate of drug-likeness (QED) is 0.195. The summed E-state index contributed by atoms with van der Waals surface area (Å²) in [7, 11) is 0. The van der Waals surface area contributed by atoms with E-state index in [4.69, 9.17) is 21.9 Å². The van der Waals surface area contributed by atoms with Crippen LogP contribution < -0.4 is 27.8 Å². The molecule has 0 radical (unpaired) electrons. The van der Waals surface area contributed by atoms with Gasteiger partial charge in [0, 0.05) is 19.7 Å². The van der Waals surface area contributed by atoms with Crippen molar-refractivity contribution in [2.45, 2.75) is 37.7 Å². The van der Waals surface area contributed by atoms with E-state index in [1.165, 1.54) is 6.92 Å². The Labute approximate surface area is 163 Å². The number of amides is 2. The third kappa shape index (κ3) is 7.18. The van der Waals surface area contributed by atoms with Crippen molar-refractivity contribution in [2.75, 3.05) is 38.5 Å². The summed E-state index contributed by atoms with van der Waals surface area (Å²) in [5.41, 5.74) is 16.5. The summed E-state index contributed by atoms with van der Waals surface area (Å²) >= 11 is 1.11. The minimum atomic E-state index is -1.59. The van der Waals surface area contributed by atoms with Gasteiger partial charge in [-0.25, -0.2) is 0 Å². The summed E-state index contributed by atoms with van der Waals surface area (Å²) < 4.78 is 4.07. The molecule has 3 unspecified atom stereocenters. The van der Waals surface area contributed by atoms with Crippen LogP contribution in [-0.2, 0) is 23.9 Å². The molecule has 8 N–H and O–H groups in total.